The second kappa shape index (κ2) is 6.53. The second-order valence-corrected chi connectivity index (χ2v) is 7.21. The quantitative estimate of drug-likeness (QED) is 0.730. The number of thiophene rings is 1. The molecular weight excluding hydrogens is 294 g/mol. The maximum Gasteiger partial charge on any atom is 0.242 e. The van der Waals surface area contributed by atoms with Crippen molar-refractivity contribution >= 4 is 21.4 Å². The Bertz CT molecular complexity index is 659. The van der Waals surface area contributed by atoms with E-state index in [4.69, 9.17) is 0 Å². The lowest BCUT2D eigenvalue weighted by Gasteiger charge is -2.05. The van der Waals surface area contributed by atoms with Crippen LogP contribution in [0.5, 0.6) is 0 Å². The number of aromatic nitrogens is 1. The van der Waals surface area contributed by atoms with E-state index in [1.807, 2.05) is 18.5 Å². The fraction of sp³-hybridized carbons (Fsp3) is 0.385. The second-order valence-electron chi connectivity index (χ2n) is 4.44. The minimum absolute atomic E-state index is 0.275. The van der Waals surface area contributed by atoms with Gasteiger partial charge in [0.15, 0.2) is 0 Å². The number of aromatic amines is 1. The normalized spacial score (nSPS) is 11.9. The van der Waals surface area contributed by atoms with Gasteiger partial charge in [0.1, 0.15) is 0 Å². The molecule has 2 heterocycles. The zero-order valence-corrected chi connectivity index (χ0v) is 13.2. The first-order chi connectivity index (χ1) is 9.56. The van der Waals surface area contributed by atoms with Gasteiger partial charge in [-0.3, -0.25) is 0 Å². The van der Waals surface area contributed by atoms with Gasteiger partial charge in [-0.1, -0.05) is 6.92 Å². The Morgan fingerprint density at radius 2 is 2.15 bits per heavy atom. The van der Waals surface area contributed by atoms with Crippen LogP contribution in [0.3, 0.4) is 0 Å². The number of H-pyrrole nitrogens is 1. The van der Waals surface area contributed by atoms with Crippen LogP contribution in [0.2, 0.25) is 0 Å². The minimum atomic E-state index is -3.46. The van der Waals surface area contributed by atoms with Gasteiger partial charge in [0.2, 0.25) is 10.0 Å². The summed E-state index contributed by atoms with van der Waals surface area (Å²) in [4.78, 5) is 4.30. The number of aryl methyl sites for hydroxylation is 1. The summed E-state index contributed by atoms with van der Waals surface area (Å²) in [6.07, 6.45) is 2.43. The largest absolute Gasteiger partial charge is 0.363 e. The molecule has 2 aromatic rings. The number of hydrogen-bond acceptors (Lipinski definition) is 4. The van der Waals surface area contributed by atoms with Crippen LogP contribution in [0.15, 0.2) is 28.6 Å². The Morgan fingerprint density at radius 3 is 2.85 bits per heavy atom. The van der Waals surface area contributed by atoms with Gasteiger partial charge in [-0.05, 0) is 36.5 Å². The molecule has 5 nitrogen and oxygen atoms in total. The van der Waals surface area contributed by atoms with Gasteiger partial charge in [-0.15, -0.1) is 11.3 Å². The number of rotatable bonds is 7. The van der Waals surface area contributed by atoms with Crippen molar-refractivity contribution in [2.24, 2.45) is 0 Å². The predicted molar refractivity (Wildman–Crippen MR) is 81.3 cm³/mol. The molecule has 0 spiro atoms. The Labute approximate surface area is 123 Å². The number of sulfonamides is 1. The van der Waals surface area contributed by atoms with E-state index in [-0.39, 0.29) is 4.90 Å². The van der Waals surface area contributed by atoms with Gasteiger partial charge in [-0.25, -0.2) is 13.1 Å². The molecule has 0 saturated carbocycles. The van der Waals surface area contributed by atoms with Gasteiger partial charge in [0.25, 0.3) is 0 Å². The summed E-state index contributed by atoms with van der Waals surface area (Å²) in [7, 11) is -1.65. The number of nitrogens with one attached hydrogen (secondary N) is 3. The first kappa shape index (κ1) is 15.2. The highest BCUT2D eigenvalue weighted by Crippen LogP contribution is 2.18. The van der Waals surface area contributed by atoms with Crippen LogP contribution in [-0.4, -0.2) is 20.4 Å². The van der Waals surface area contributed by atoms with E-state index in [2.05, 4.69) is 21.9 Å². The minimum Gasteiger partial charge on any atom is -0.363 e. The average molecular weight is 313 g/mol. The summed E-state index contributed by atoms with van der Waals surface area (Å²) in [5.41, 5.74) is 2.04. The molecule has 2 rings (SSSR count). The van der Waals surface area contributed by atoms with Crippen LogP contribution in [0.1, 0.15) is 23.1 Å². The highest BCUT2D eigenvalue weighted by atomic mass is 32.2. The molecular formula is C13H19N3O2S2. The van der Waals surface area contributed by atoms with Gasteiger partial charge >= 0.3 is 0 Å². The lowest BCUT2D eigenvalue weighted by molar-refractivity contribution is 0.581. The molecule has 0 saturated heterocycles. The van der Waals surface area contributed by atoms with Crippen LogP contribution in [0.25, 0.3) is 0 Å². The smallest absolute Gasteiger partial charge is 0.242 e. The summed E-state index contributed by atoms with van der Waals surface area (Å²) in [5.74, 6) is 0. The Morgan fingerprint density at radius 1 is 1.35 bits per heavy atom. The third kappa shape index (κ3) is 3.49. The van der Waals surface area contributed by atoms with Crippen molar-refractivity contribution in [3.05, 3.63) is 39.8 Å². The molecule has 7 heteroatoms. The third-order valence-corrected chi connectivity index (χ3v) is 5.38. The zero-order chi connectivity index (χ0) is 14.6. The monoisotopic (exact) mass is 313 g/mol. The maximum atomic E-state index is 12.2. The Hall–Kier alpha value is -1.15. The van der Waals surface area contributed by atoms with Crippen molar-refractivity contribution in [1.82, 2.24) is 15.0 Å². The molecule has 0 bridgehead atoms. The van der Waals surface area contributed by atoms with E-state index in [1.54, 1.807) is 17.4 Å². The molecule has 0 amide bonds. The van der Waals surface area contributed by atoms with E-state index in [1.165, 1.54) is 11.8 Å². The summed E-state index contributed by atoms with van der Waals surface area (Å²) in [5, 5.41) is 4.96. The van der Waals surface area contributed by atoms with E-state index >= 15 is 0 Å². The topological polar surface area (TPSA) is 74.0 Å². The van der Waals surface area contributed by atoms with E-state index in [0.29, 0.717) is 13.1 Å². The van der Waals surface area contributed by atoms with Crippen LogP contribution in [0.4, 0.5) is 0 Å². The third-order valence-electron chi connectivity index (χ3n) is 3.04. The van der Waals surface area contributed by atoms with Gasteiger partial charge < -0.3 is 10.3 Å². The van der Waals surface area contributed by atoms with E-state index in [0.717, 1.165) is 17.0 Å². The summed E-state index contributed by atoms with van der Waals surface area (Å²) in [6, 6.07) is 3.68. The molecule has 0 unspecified atom stereocenters. The maximum absolute atomic E-state index is 12.2. The van der Waals surface area contributed by atoms with Crippen molar-refractivity contribution in [1.29, 1.82) is 0 Å². The molecule has 0 radical (unpaired) electrons. The van der Waals surface area contributed by atoms with Crippen molar-refractivity contribution in [2.45, 2.75) is 31.3 Å². The predicted octanol–water partition coefficient (Wildman–Crippen LogP) is 1.84. The molecule has 20 heavy (non-hydrogen) atoms. The number of hydrogen-bond donors (Lipinski definition) is 3. The molecule has 0 aromatic carbocycles. The molecule has 3 N–H and O–H groups in total. The molecule has 110 valence electrons. The first-order valence-corrected chi connectivity index (χ1v) is 8.80. The lowest BCUT2D eigenvalue weighted by atomic mass is 10.2. The standard InChI is InChI=1S/C13H19N3O2S2/c1-3-10-4-5-19-13(10)9-16-20(17,18)12-6-11(7-14-2)15-8-12/h4-6,8,14-16H,3,7,9H2,1-2H3. The fourth-order valence-corrected chi connectivity index (χ4v) is 3.97. The lowest BCUT2D eigenvalue weighted by Crippen LogP contribution is -2.22. The van der Waals surface area contributed by atoms with Crippen molar-refractivity contribution in [3.8, 4) is 0 Å². The molecule has 0 atom stereocenters. The summed E-state index contributed by atoms with van der Waals surface area (Å²) >= 11 is 1.58. The molecule has 2 aromatic heterocycles. The fourth-order valence-electron chi connectivity index (χ4n) is 1.95. The van der Waals surface area contributed by atoms with Gasteiger partial charge in [0, 0.05) is 29.9 Å². The molecule has 0 fully saturated rings. The highest BCUT2D eigenvalue weighted by Gasteiger charge is 2.16. The van der Waals surface area contributed by atoms with Gasteiger partial charge in [-0.2, -0.15) is 0 Å². The van der Waals surface area contributed by atoms with Crippen LogP contribution < -0.4 is 10.0 Å². The van der Waals surface area contributed by atoms with Crippen molar-refractivity contribution < 1.29 is 8.42 Å². The molecule has 0 aliphatic rings. The van der Waals surface area contributed by atoms with Crippen molar-refractivity contribution in [3.63, 3.8) is 0 Å². The van der Waals surface area contributed by atoms with Crippen LogP contribution in [-0.2, 0) is 29.5 Å². The van der Waals surface area contributed by atoms with Crippen LogP contribution in [0, 0.1) is 0 Å². The van der Waals surface area contributed by atoms with Gasteiger partial charge in [0.05, 0.1) is 4.90 Å². The summed E-state index contributed by atoms with van der Waals surface area (Å²) in [6.45, 7) is 3.02. The van der Waals surface area contributed by atoms with E-state index < -0.39 is 10.0 Å². The van der Waals surface area contributed by atoms with Crippen molar-refractivity contribution in [2.75, 3.05) is 7.05 Å². The first-order valence-electron chi connectivity index (χ1n) is 6.43. The Kier molecular flexibility index (Phi) is 4.98. The van der Waals surface area contributed by atoms with E-state index in [9.17, 15) is 8.42 Å². The molecule has 0 aliphatic heterocycles. The molecule has 0 aliphatic carbocycles. The Balaban J connectivity index is 2.07. The SMILES string of the molecule is CCc1ccsc1CNS(=O)(=O)c1c[nH]c(CNC)c1. The zero-order valence-electron chi connectivity index (χ0n) is 11.6. The highest BCUT2D eigenvalue weighted by molar-refractivity contribution is 7.89. The summed E-state index contributed by atoms with van der Waals surface area (Å²) < 4.78 is 27.0. The average Bonchev–Trinajstić information content (AvgIpc) is 3.05. The van der Waals surface area contributed by atoms with Crippen LogP contribution >= 0.6 is 11.3 Å².